The fourth-order valence-electron chi connectivity index (χ4n) is 2.06. The Morgan fingerprint density at radius 3 is 1.76 bits per heavy atom. The Kier molecular flexibility index (Phi) is 15.6. The Bertz CT molecular complexity index is 308. The van der Waals surface area contributed by atoms with Crippen molar-refractivity contribution in [2.24, 2.45) is 0 Å². The molecule has 0 fully saturated rings. The predicted octanol–water partition coefficient (Wildman–Crippen LogP) is 5.51. The third kappa shape index (κ3) is 18.6. The van der Waals surface area contributed by atoms with Crippen LogP contribution < -0.4 is 0 Å². The van der Waals surface area contributed by atoms with E-state index >= 15 is 0 Å². The Morgan fingerprint density at radius 2 is 1.19 bits per heavy atom. The van der Waals surface area contributed by atoms with Crippen LogP contribution in [0, 0.1) is 5.41 Å². The Hall–Kier alpha value is -1.38. The van der Waals surface area contributed by atoms with Crippen molar-refractivity contribution in [1.82, 2.24) is 0 Å². The van der Waals surface area contributed by atoms with Gasteiger partial charge in [-0.05, 0) is 64.0 Å². The monoisotopic (exact) mass is 293 g/mol. The van der Waals surface area contributed by atoms with Crippen LogP contribution in [0.5, 0.6) is 0 Å². The molecule has 21 heavy (non-hydrogen) atoms. The van der Waals surface area contributed by atoms with Crippen LogP contribution in [0.25, 0.3) is 0 Å². The standard InChI is InChI=1S/C18H31NO2/c19-17-15-13-11-9-7-5-3-1-2-4-6-8-10-12-14-16-18(20)21/h2,4-5,7,17,19H,1,3,6,8-16H2,(H,20,21)/b4-2-,7-5-,19-17?. The van der Waals surface area contributed by atoms with Crippen LogP contribution in [-0.4, -0.2) is 17.3 Å². The van der Waals surface area contributed by atoms with E-state index < -0.39 is 5.97 Å². The van der Waals surface area contributed by atoms with E-state index in [1.807, 2.05) is 0 Å². The van der Waals surface area contributed by atoms with Gasteiger partial charge in [-0.25, -0.2) is 0 Å². The van der Waals surface area contributed by atoms with Crippen LogP contribution in [-0.2, 0) is 4.79 Å². The Balaban J connectivity index is 3.20. The molecule has 0 aliphatic heterocycles. The molecular formula is C18H31NO2. The minimum atomic E-state index is -0.683. The molecule has 0 aromatic rings. The summed E-state index contributed by atoms with van der Waals surface area (Å²) in [6.07, 6.45) is 22.6. The summed E-state index contributed by atoms with van der Waals surface area (Å²) in [7, 11) is 0. The molecule has 0 unspecified atom stereocenters. The number of carbonyl (C=O) groups is 1. The molecule has 0 aliphatic rings. The van der Waals surface area contributed by atoms with Crippen LogP contribution >= 0.6 is 0 Å². The second-order valence-corrected chi connectivity index (χ2v) is 5.36. The second kappa shape index (κ2) is 16.7. The maximum atomic E-state index is 10.3. The summed E-state index contributed by atoms with van der Waals surface area (Å²) in [4.78, 5) is 10.3. The summed E-state index contributed by atoms with van der Waals surface area (Å²) < 4.78 is 0. The summed E-state index contributed by atoms with van der Waals surface area (Å²) >= 11 is 0. The Morgan fingerprint density at radius 1 is 0.714 bits per heavy atom. The largest absolute Gasteiger partial charge is 0.481 e. The number of unbranched alkanes of at least 4 members (excludes halogenated alkanes) is 8. The molecule has 0 aromatic carbocycles. The number of hydrogen-bond acceptors (Lipinski definition) is 2. The van der Waals surface area contributed by atoms with E-state index in [1.165, 1.54) is 19.1 Å². The SMILES string of the molecule is N=CCCCC/C=C\CC/C=C\CCCCCCC(=O)O. The topological polar surface area (TPSA) is 61.2 Å². The van der Waals surface area contributed by atoms with Crippen molar-refractivity contribution in [3.05, 3.63) is 24.3 Å². The number of carboxylic acids is 1. The highest BCUT2D eigenvalue weighted by atomic mass is 16.4. The van der Waals surface area contributed by atoms with E-state index in [0.29, 0.717) is 6.42 Å². The second-order valence-electron chi connectivity index (χ2n) is 5.36. The molecule has 3 nitrogen and oxygen atoms in total. The minimum absolute atomic E-state index is 0.309. The van der Waals surface area contributed by atoms with Crippen molar-refractivity contribution < 1.29 is 9.90 Å². The van der Waals surface area contributed by atoms with Crippen molar-refractivity contribution in [3.63, 3.8) is 0 Å². The highest BCUT2D eigenvalue weighted by Crippen LogP contribution is 2.06. The molecule has 2 N–H and O–H groups in total. The summed E-state index contributed by atoms with van der Waals surface area (Å²) in [5, 5.41) is 15.4. The first-order valence-corrected chi connectivity index (χ1v) is 8.28. The van der Waals surface area contributed by atoms with Gasteiger partial charge in [0.15, 0.2) is 0 Å². The van der Waals surface area contributed by atoms with E-state index in [-0.39, 0.29) is 0 Å². The quantitative estimate of drug-likeness (QED) is 0.237. The van der Waals surface area contributed by atoms with Crippen molar-refractivity contribution in [2.45, 2.75) is 77.0 Å². The van der Waals surface area contributed by atoms with Crippen molar-refractivity contribution in [1.29, 1.82) is 5.41 Å². The van der Waals surface area contributed by atoms with Gasteiger partial charge < -0.3 is 10.5 Å². The van der Waals surface area contributed by atoms with Crippen LogP contribution in [0.15, 0.2) is 24.3 Å². The molecule has 0 amide bonds. The molecule has 0 aromatic heterocycles. The summed E-state index contributed by atoms with van der Waals surface area (Å²) in [6.45, 7) is 0. The number of allylic oxidation sites excluding steroid dienone is 4. The molecule has 0 radical (unpaired) electrons. The number of carboxylic acid groups (broad SMARTS) is 1. The summed E-state index contributed by atoms with van der Waals surface area (Å²) in [6, 6.07) is 0. The maximum absolute atomic E-state index is 10.3. The summed E-state index contributed by atoms with van der Waals surface area (Å²) in [5.41, 5.74) is 0. The maximum Gasteiger partial charge on any atom is 0.303 e. The van der Waals surface area contributed by atoms with Gasteiger partial charge >= 0.3 is 5.97 Å². The van der Waals surface area contributed by atoms with Gasteiger partial charge in [-0.2, -0.15) is 0 Å². The highest BCUT2D eigenvalue weighted by molar-refractivity contribution is 5.66. The van der Waals surface area contributed by atoms with Crippen LogP contribution in [0.1, 0.15) is 77.0 Å². The first-order chi connectivity index (χ1) is 10.3. The van der Waals surface area contributed by atoms with E-state index in [9.17, 15) is 4.79 Å². The van der Waals surface area contributed by atoms with Crippen LogP contribution in [0.3, 0.4) is 0 Å². The molecule has 0 saturated heterocycles. The third-order valence-corrected chi connectivity index (χ3v) is 3.31. The van der Waals surface area contributed by atoms with E-state index in [0.717, 1.165) is 57.8 Å². The lowest BCUT2D eigenvalue weighted by molar-refractivity contribution is -0.137. The smallest absolute Gasteiger partial charge is 0.303 e. The lowest BCUT2D eigenvalue weighted by Gasteiger charge is -1.96. The zero-order chi connectivity index (χ0) is 15.6. The van der Waals surface area contributed by atoms with E-state index in [4.69, 9.17) is 10.5 Å². The number of rotatable bonds is 15. The van der Waals surface area contributed by atoms with Gasteiger partial charge in [-0.3, -0.25) is 4.79 Å². The van der Waals surface area contributed by atoms with Crippen molar-refractivity contribution in [2.75, 3.05) is 0 Å². The van der Waals surface area contributed by atoms with Gasteiger partial charge in [0.05, 0.1) is 0 Å². The van der Waals surface area contributed by atoms with Gasteiger partial charge in [0.2, 0.25) is 0 Å². The van der Waals surface area contributed by atoms with E-state index in [1.54, 1.807) is 0 Å². The highest BCUT2D eigenvalue weighted by Gasteiger charge is 1.95. The van der Waals surface area contributed by atoms with Gasteiger partial charge in [0, 0.05) is 6.42 Å². The predicted molar refractivity (Wildman–Crippen MR) is 90.1 cm³/mol. The van der Waals surface area contributed by atoms with Crippen molar-refractivity contribution >= 4 is 12.2 Å². The van der Waals surface area contributed by atoms with Crippen LogP contribution in [0.4, 0.5) is 0 Å². The first kappa shape index (κ1) is 19.6. The zero-order valence-electron chi connectivity index (χ0n) is 13.2. The average molecular weight is 293 g/mol. The normalized spacial score (nSPS) is 11.4. The number of aliphatic carboxylic acids is 1. The zero-order valence-corrected chi connectivity index (χ0v) is 13.2. The fourth-order valence-corrected chi connectivity index (χ4v) is 2.06. The fraction of sp³-hybridized carbons (Fsp3) is 0.667. The molecular weight excluding hydrogens is 262 g/mol. The first-order valence-electron chi connectivity index (χ1n) is 8.28. The van der Waals surface area contributed by atoms with Gasteiger partial charge in [-0.15, -0.1) is 0 Å². The molecule has 0 rings (SSSR count). The average Bonchev–Trinajstić information content (AvgIpc) is 2.46. The third-order valence-electron chi connectivity index (χ3n) is 3.31. The number of nitrogens with one attached hydrogen (secondary N) is 1. The van der Waals surface area contributed by atoms with Gasteiger partial charge in [-0.1, -0.05) is 37.1 Å². The molecule has 120 valence electrons. The molecule has 0 spiro atoms. The lowest BCUT2D eigenvalue weighted by atomic mass is 10.1. The summed E-state index contributed by atoms with van der Waals surface area (Å²) in [5.74, 6) is -0.683. The molecule has 0 saturated carbocycles. The van der Waals surface area contributed by atoms with E-state index in [2.05, 4.69) is 24.3 Å². The molecule has 0 bridgehead atoms. The minimum Gasteiger partial charge on any atom is -0.481 e. The van der Waals surface area contributed by atoms with Gasteiger partial charge in [0.1, 0.15) is 0 Å². The molecule has 0 heterocycles. The van der Waals surface area contributed by atoms with Crippen molar-refractivity contribution in [3.8, 4) is 0 Å². The molecule has 0 aliphatic carbocycles. The van der Waals surface area contributed by atoms with Crippen LogP contribution in [0.2, 0.25) is 0 Å². The lowest BCUT2D eigenvalue weighted by Crippen LogP contribution is -1.93. The Labute approximate surface area is 129 Å². The molecule has 3 heteroatoms. The van der Waals surface area contributed by atoms with Gasteiger partial charge in [0.25, 0.3) is 0 Å². The molecule has 0 atom stereocenters. The number of hydrogen-bond donors (Lipinski definition) is 2.